The molecule has 2 heteroatoms. The number of para-hydroxylation sites is 1. The fourth-order valence-electron chi connectivity index (χ4n) is 3.18. The zero-order chi connectivity index (χ0) is 13.0. The molecule has 0 heterocycles. The van der Waals surface area contributed by atoms with Crippen molar-refractivity contribution in [3.05, 3.63) is 29.8 Å². The summed E-state index contributed by atoms with van der Waals surface area (Å²) in [5, 5.41) is 3.79. The van der Waals surface area contributed by atoms with Gasteiger partial charge in [-0.3, -0.25) is 0 Å². The van der Waals surface area contributed by atoms with Crippen LogP contribution in [0.25, 0.3) is 0 Å². The first-order valence-electron chi connectivity index (χ1n) is 7.15. The average molecular weight is 247 g/mol. The Hall–Kier alpha value is -1.02. The Morgan fingerprint density at radius 2 is 2.11 bits per heavy atom. The SMILES string of the molecule is CCC1CCCC1NC(C)c1ccccc1OC. The summed E-state index contributed by atoms with van der Waals surface area (Å²) in [4.78, 5) is 0. The van der Waals surface area contributed by atoms with Crippen LogP contribution in [0.1, 0.15) is 51.1 Å². The van der Waals surface area contributed by atoms with Crippen LogP contribution in [-0.2, 0) is 0 Å². The van der Waals surface area contributed by atoms with E-state index in [0.29, 0.717) is 12.1 Å². The van der Waals surface area contributed by atoms with E-state index in [0.717, 1.165) is 11.7 Å². The van der Waals surface area contributed by atoms with Crippen LogP contribution in [-0.4, -0.2) is 13.2 Å². The highest BCUT2D eigenvalue weighted by Crippen LogP contribution is 2.31. The zero-order valence-electron chi connectivity index (χ0n) is 11.8. The van der Waals surface area contributed by atoms with E-state index in [1.54, 1.807) is 7.11 Å². The Kier molecular flexibility index (Phi) is 4.65. The summed E-state index contributed by atoms with van der Waals surface area (Å²) in [7, 11) is 1.75. The van der Waals surface area contributed by atoms with Crippen molar-refractivity contribution in [2.75, 3.05) is 7.11 Å². The van der Waals surface area contributed by atoms with Gasteiger partial charge in [0.1, 0.15) is 5.75 Å². The van der Waals surface area contributed by atoms with E-state index < -0.39 is 0 Å². The standard InChI is InChI=1S/C16H25NO/c1-4-13-8-7-10-15(13)17-12(2)14-9-5-6-11-16(14)18-3/h5-6,9,11-13,15,17H,4,7-8,10H2,1-3H3. The predicted molar refractivity (Wildman–Crippen MR) is 76.0 cm³/mol. The topological polar surface area (TPSA) is 21.3 Å². The second-order valence-electron chi connectivity index (χ2n) is 5.34. The summed E-state index contributed by atoms with van der Waals surface area (Å²) in [5.74, 6) is 1.84. The highest BCUT2D eigenvalue weighted by atomic mass is 16.5. The van der Waals surface area contributed by atoms with E-state index in [9.17, 15) is 0 Å². The first-order chi connectivity index (χ1) is 8.76. The molecule has 0 saturated heterocycles. The third-order valence-corrected chi connectivity index (χ3v) is 4.25. The van der Waals surface area contributed by atoms with E-state index in [4.69, 9.17) is 4.74 Å². The molecule has 1 aliphatic rings. The number of benzene rings is 1. The number of nitrogens with one attached hydrogen (secondary N) is 1. The number of hydrogen-bond acceptors (Lipinski definition) is 2. The molecule has 3 unspecified atom stereocenters. The van der Waals surface area contributed by atoms with Gasteiger partial charge in [0.15, 0.2) is 0 Å². The van der Waals surface area contributed by atoms with Gasteiger partial charge < -0.3 is 10.1 Å². The second-order valence-corrected chi connectivity index (χ2v) is 5.34. The van der Waals surface area contributed by atoms with Gasteiger partial charge >= 0.3 is 0 Å². The highest BCUT2D eigenvalue weighted by Gasteiger charge is 2.27. The minimum atomic E-state index is 0.360. The van der Waals surface area contributed by atoms with Crippen molar-refractivity contribution >= 4 is 0 Å². The van der Waals surface area contributed by atoms with E-state index in [1.165, 1.54) is 31.2 Å². The maximum atomic E-state index is 5.44. The normalized spacial score (nSPS) is 25.1. The molecule has 0 radical (unpaired) electrons. The summed E-state index contributed by atoms with van der Waals surface area (Å²) < 4.78 is 5.44. The fraction of sp³-hybridized carbons (Fsp3) is 0.625. The highest BCUT2D eigenvalue weighted by molar-refractivity contribution is 5.35. The summed E-state index contributed by atoms with van der Waals surface area (Å²) in [5.41, 5.74) is 1.27. The van der Waals surface area contributed by atoms with Gasteiger partial charge in [-0.15, -0.1) is 0 Å². The second kappa shape index (κ2) is 6.24. The molecule has 0 amide bonds. The first kappa shape index (κ1) is 13.4. The maximum absolute atomic E-state index is 5.44. The van der Waals surface area contributed by atoms with Gasteiger partial charge in [0, 0.05) is 17.6 Å². The lowest BCUT2D eigenvalue weighted by Gasteiger charge is -2.25. The lowest BCUT2D eigenvalue weighted by Crippen LogP contribution is -2.34. The minimum absolute atomic E-state index is 0.360. The Morgan fingerprint density at radius 3 is 2.83 bits per heavy atom. The van der Waals surface area contributed by atoms with Gasteiger partial charge in [-0.25, -0.2) is 0 Å². The summed E-state index contributed by atoms with van der Waals surface area (Å²) in [6, 6.07) is 9.35. The van der Waals surface area contributed by atoms with Crippen LogP contribution >= 0.6 is 0 Å². The van der Waals surface area contributed by atoms with Crippen molar-refractivity contribution in [1.29, 1.82) is 0 Å². The third-order valence-electron chi connectivity index (χ3n) is 4.25. The van der Waals surface area contributed by atoms with Crippen LogP contribution in [0.2, 0.25) is 0 Å². The van der Waals surface area contributed by atoms with Gasteiger partial charge in [-0.05, 0) is 31.7 Å². The number of hydrogen-bond donors (Lipinski definition) is 1. The lowest BCUT2D eigenvalue weighted by atomic mass is 9.98. The molecule has 0 bridgehead atoms. The van der Waals surface area contributed by atoms with Crippen LogP contribution in [0.3, 0.4) is 0 Å². The Balaban J connectivity index is 2.05. The molecule has 1 fully saturated rings. The van der Waals surface area contributed by atoms with Crippen molar-refractivity contribution in [1.82, 2.24) is 5.32 Å². The summed E-state index contributed by atoms with van der Waals surface area (Å²) in [6.07, 6.45) is 5.36. The Labute approximate surface area is 111 Å². The molecule has 2 nitrogen and oxygen atoms in total. The summed E-state index contributed by atoms with van der Waals surface area (Å²) >= 11 is 0. The molecule has 1 aliphatic carbocycles. The Morgan fingerprint density at radius 1 is 1.33 bits per heavy atom. The third kappa shape index (κ3) is 2.86. The van der Waals surface area contributed by atoms with Crippen LogP contribution in [0.4, 0.5) is 0 Å². The largest absolute Gasteiger partial charge is 0.496 e. The maximum Gasteiger partial charge on any atom is 0.123 e. The van der Waals surface area contributed by atoms with Crippen LogP contribution in [0, 0.1) is 5.92 Å². The van der Waals surface area contributed by atoms with Gasteiger partial charge in [-0.2, -0.15) is 0 Å². The fourth-order valence-corrected chi connectivity index (χ4v) is 3.18. The molecular formula is C16H25NO. The molecule has 0 spiro atoms. The monoisotopic (exact) mass is 247 g/mol. The van der Waals surface area contributed by atoms with Gasteiger partial charge in [-0.1, -0.05) is 38.0 Å². The van der Waals surface area contributed by atoms with Crippen LogP contribution in [0.5, 0.6) is 5.75 Å². The first-order valence-corrected chi connectivity index (χ1v) is 7.15. The number of methoxy groups -OCH3 is 1. The van der Waals surface area contributed by atoms with E-state index in [1.807, 2.05) is 12.1 Å². The van der Waals surface area contributed by atoms with E-state index in [2.05, 4.69) is 31.3 Å². The van der Waals surface area contributed by atoms with Crippen molar-refractivity contribution in [2.45, 2.75) is 51.6 Å². The van der Waals surface area contributed by atoms with Crippen molar-refractivity contribution in [3.8, 4) is 5.75 Å². The Bertz CT molecular complexity index is 377. The smallest absolute Gasteiger partial charge is 0.123 e. The van der Waals surface area contributed by atoms with Crippen molar-refractivity contribution < 1.29 is 4.74 Å². The molecule has 1 N–H and O–H groups in total. The molecule has 1 saturated carbocycles. The predicted octanol–water partition coefficient (Wildman–Crippen LogP) is 3.92. The van der Waals surface area contributed by atoms with Gasteiger partial charge in [0.05, 0.1) is 7.11 Å². The summed E-state index contributed by atoms with van der Waals surface area (Å²) in [6.45, 7) is 4.54. The lowest BCUT2D eigenvalue weighted by molar-refractivity contribution is 0.350. The molecule has 0 aromatic heterocycles. The minimum Gasteiger partial charge on any atom is -0.496 e. The van der Waals surface area contributed by atoms with Crippen LogP contribution in [0.15, 0.2) is 24.3 Å². The van der Waals surface area contributed by atoms with Crippen molar-refractivity contribution in [2.24, 2.45) is 5.92 Å². The molecule has 1 aromatic rings. The zero-order valence-corrected chi connectivity index (χ0v) is 11.8. The molecule has 100 valence electrons. The van der Waals surface area contributed by atoms with E-state index in [-0.39, 0.29) is 0 Å². The van der Waals surface area contributed by atoms with Crippen molar-refractivity contribution in [3.63, 3.8) is 0 Å². The van der Waals surface area contributed by atoms with E-state index >= 15 is 0 Å². The molecule has 18 heavy (non-hydrogen) atoms. The molecule has 0 aliphatic heterocycles. The molecule has 1 aromatic carbocycles. The number of rotatable bonds is 5. The van der Waals surface area contributed by atoms with Gasteiger partial charge in [0.2, 0.25) is 0 Å². The molecule has 3 atom stereocenters. The van der Waals surface area contributed by atoms with Gasteiger partial charge in [0.25, 0.3) is 0 Å². The quantitative estimate of drug-likeness (QED) is 0.851. The average Bonchev–Trinajstić information content (AvgIpc) is 2.85. The molecular weight excluding hydrogens is 222 g/mol. The molecule has 2 rings (SSSR count). The van der Waals surface area contributed by atoms with Crippen LogP contribution < -0.4 is 10.1 Å². The number of ether oxygens (including phenoxy) is 1.